The smallest absolute Gasteiger partial charge is 0.261 e. The predicted octanol–water partition coefficient (Wildman–Crippen LogP) is 5.93. The van der Waals surface area contributed by atoms with E-state index in [1.807, 2.05) is 32.0 Å². The summed E-state index contributed by atoms with van der Waals surface area (Å²) < 4.78 is 66.3. The van der Waals surface area contributed by atoms with Crippen molar-refractivity contribution < 1.29 is 31.5 Å². The molecule has 32 heavy (non-hydrogen) atoms. The monoisotopic (exact) mass is 444 g/mol. The summed E-state index contributed by atoms with van der Waals surface area (Å²) in [6.45, 7) is 3.88. The van der Waals surface area contributed by atoms with Crippen molar-refractivity contribution in [2.24, 2.45) is 0 Å². The molecule has 0 atom stereocenters. The molecule has 9 heteroatoms. The molecule has 4 rings (SSSR count). The molecule has 4 aromatic rings. The molecule has 0 aliphatic rings. The molecule has 0 aliphatic carbocycles. The molecule has 1 aromatic heterocycles. The van der Waals surface area contributed by atoms with Crippen molar-refractivity contribution in [2.45, 2.75) is 13.8 Å². The zero-order valence-corrected chi connectivity index (χ0v) is 17.1. The summed E-state index contributed by atoms with van der Waals surface area (Å²) in [7, 11) is 0.847. The molecule has 1 amide bonds. The van der Waals surface area contributed by atoms with Gasteiger partial charge in [0.1, 0.15) is 11.1 Å². The van der Waals surface area contributed by atoms with Crippen LogP contribution in [0.3, 0.4) is 0 Å². The summed E-state index contributed by atoms with van der Waals surface area (Å²) >= 11 is 0. The van der Waals surface area contributed by atoms with E-state index in [0.717, 1.165) is 23.8 Å². The number of aromatic nitrogens is 1. The van der Waals surface area contributed by atoms with Gasteiger partial charge in [-0.05, 0) is 43.7 Å². The standard InChI is InChI=1S/C23H16F4N2O3/c1-10-4-6-13(11(2)8-10)23-29-14-9-12(5-7-15(14)32-23)28-22(30)16-17(24)19(26)21(31-3)20(27)18(16)25/h4-9H,1-3H3,(H,28,30). The zero-order valence-electron chi connectivity index (χ0n) is 17.1. The summed E-state index contributed by atoms with van der Waals surface area (Å²) in [4.78, 5) is 16.8. The molecule has 0 bridgehead atoms. The highest BCUT2D eigenvalue weighted by Gasteiger charge is 2.30. The minimum Gasteiger partial charge on any atom is -0.491 e. The number of methoxy groups -OCH3 is 1. The van der Waals surface area contributed by atoms with Crippen LogP contribution in [0.25, 0.3) is 22.6 Å². The maximum Gasteiger partial charge on any atom is 0.261 e. The maximum absolute atomic E-state index is 14.2. The van der Waals surface area contributed by atoms with E-state index in [4.69, 9.17) is 4.42 Å². The molecule has 164 valence electrons. The van der Waals surface area contributed by atoms with Crippen molar-refractivity contribution in [1.82, 2.24) is 4.98 Å². The fourth-order valence-electron chi connectivity index (χ4n) is 3.36. The second-order valence-electron chi connectivity index (χ2n) is 7.14. The highest BCUT2D eigenvalue weighted by molar-refractivity contribution is 6.05. The number of halogens is 4. The third kappa shape index (κ3) is 3.55. The van der Waals surface area contributed by atoms with Gasteiger partial charge >= 0.3 is 0 Å². The van der Waals surface area contributed by atoms with E-state index in [-0.39, 0.29) is 5.69 Å². The lowest BCUT2D eigenvalue weighted by Gasteiger charge is -2.11. The number of ether oxygens (including phenoxy) is 1. The number of benzene rings is 3. The Morgan fingerprint density at radius 3 is 2.28 bits per heavy atom. The lowest BCUT2D eigenvalue weighted by molar-refractivity contribution is 0.101. The van der Waals surface area contributed by atoms with Crippen LogP contribution >= 0.6 is 0 Å². The lowest BCUT2D eigenvalue weighted by Crippen LogP contribution is -2.18. The number of carbonyl (C=O) groups is 1. The topological polar surface area (TPSA) is 64.4 Å². The van der Waals surface area contributed by atoms with Crippen molar-refractivity contribution in [2.75, 3.05) is 12.4 Å². The molecule has 0 spiro atoms. The Labute approximate surface area is 179 Å². The van der Waals surface area contributed by atoms with Gasteiger partial charge < -0.3 is 14.5 Å². The van der Waals surface area contributed by atoms with Gasteiger partial charge in [-0.25, -0.2) is 13.8 Å². The lowest BCUT2D eigenvalue weighted by atomic mass is 10.1. The number of nitrogens with zero attached hydrogens (tertiary/aromatic N) is 1. The first kappa shape index (κ1) is 21.4. The molecule has 0 fully saturated rings. The van der Waals surface area contributed by atoms with Crippen LogP contribution in [0.15, 0.2) is 40.8 Å². The number of hydrogen-bond acceptors (Lipinski definition) is 4. The van der Waals surface area contributed by atoms with E-state index in [2.05, 4.69) is 15.0 Å². The van der Waals surface area contributed by atoms with Gasteiger partial charge in [0.25, 0.3) is 5.91 Å². The van der Waals surface area contributed by atoms with Gasteiger partial charge in [0.2, 0.25) is 17.5 Å². The number of amides is 1. The van der Waals surface area contributed by atoms with E-state index < -0.39 is 40.5 Å². The minimum absolute atomic E-state index is 0.0958. The Hall–Kier alpha value is -3.88. The first-order valence-corrected chi connectivity index (χ1v) is 9.40. The van der Waals surface area contributed by atoms with Crippen LogP contribution < -0.4 is 10.1 Å². The number of nitrogens with one attached hydrogen (secondary N) is 1. The van der Waals surface area contributed by atoms with Crippen LogP contribution in [0, 0.1) is 37.1 Å². The predicted molar refractivity (Wildman–Crippen MR) is 110 cm³/mol. The van der Waals surface area contributed by atoms with E-state index in [9.17, 15) is 22.4 Å². The van der Waals surface area contributed by atoms with Crippen molar-refractivity contribution in [3.63, 3.8) is 0 Å². The second kappa shape index (κ2) is 7.99. The third-order valence-corrected chi connectivity index (χ3v) is 4.91. The first-order valence-electron chi connectivity index (χ1n) is 9.40. The van der Waals surface area contributed by atoms with E-state index in [1.54, 1.807) is 0 Å². The minimum atomic E-state index is -1.86. The van der Waals surface area contributed by atoms with Crippen LogP contribution in [0.5, 0.6) is 5.75 Å². The Bertz CT molecular complexity index is 1350. The summed E-state index contributed by atoms with van der Waals surface area (Å²) in [6, 6.07) is 10.1. The number of carbonyl (C=O) groups excluding carboxylic acids is 1. The normalized spacial score (nSPS) is 11.1. The molecule has 0 saturated carbocycles. The molecule has 0 saturated heterocycles. The fourth-order valence-corrected chi connectivity index (χ4v) is 3.36. The maximum atomic E-state index is 14.2. The van der Waals surface area contributed by atoms with Crippen molar-refractivity contribution >= 4 is 22.7 Å². The molecule has 3 aromatic carbocycles. The molecule has 1 heterocycles. The number of rotatable bonds is 4. The van der Waals surface area contributed by atoms with Crippen LogP contribution in [-0.2, 0) is 0 Å². The summed E-state index contributed by atoms with van der Waals surface area (Å²) in [5.41, 5.74) is 2.29. The highest BCUT2D eigenvalue weighted by atomic mass is 19.2. The average molecular weight is 444 g/mol. The molecule has 0 aliphatic heterocycles. The second-order valence-corrected chi connectivity index (χ2v) is 7.14. The summed E-state index contributed by atoms with van der Waals surface area (Å²) in [6.07, 6.45) is 0. The van der Waals surface area contributed by atoms with Crippen LogP contribution in [0.1, 0.15) is 21.5 Å². The highest BCUT2D eigenvalue weighted by Crippen LogP contribution is 2.31. The van der Waals surface area contributed by atoms with Crippen LogP contribution in [0.2, 0.25) is 0 Å². The first-order chi connectivity index (χ1) is 15.2. The van der Waals surface area contributed by atoms with Crippen molar-refractivity contribution in [3.8, 4) is 17.2 Å². The van der Waals surface area contributed by atoms with E-state index in [1.165, 1.54) is 18.2 Å². The summed E-state index contributed by atoms with van der Waals surface area (Å²) in [5, 5.41) is 2.22. The molecular weight excluding hydrogens is 428 g/mol. The number of fused-ring (bicyclic) bond motifs is 1. The van der Waals surface area contributed by atoms with Crippen LogP contribution in [0.4, 0.5) is 23.2 Å². The van der Waals surface area contributed by atoms with Gasteiger partial charge in [0.15, 0.2) is 23.0 Å². The Morgan fingerprint density at radius 1 is 0.969 bits per heavy atom. The average Bonchev–Trinajstić information content (AvgIpc) is 3.16. The third-order valence-electron chi connectivity index (χ3n) is 4.91. The molecular formula is C23H16F4N2O3. The van der Waals surface area contributed by atoms with Crippen molar-refractivity contribution in [3.05, 3.63) is 76.4 Å². The van der Waals surface area contributed by atoms with Gasteiger partial charge in [-0.3, -0.25) is 4.79 Å². The quantitative estimate of drug-likeness (QED) is 0.313. The van der Waals surface area contributed by atoms with E-state index >= 15 is 0 Å². The summed E-state index contributed by atoms with van der Waals surface area (Å²) in [5.74, 6) is -9.60. The SMILES string of the molecule is COc1c(F)c(F)c(C(=O)Nc2ccc3oc(-c4ccc(C)cc4C)nc3c2)c(F)c1F. The van der Waals surface area contributed by atoms with Gasteiger partial charge in [-0.2, -0.15) is 8.78 Å². The van der Waals surface area contributed by atoms with E-state index in [0.29, 0.717) is 17.0 Å². The number of anilines is 1. The Morgan fingerprint density at radius 2 is 1.66 bits per heavy atom. The zero-order chi connectivity index (χ0) is 23.2. The van der Waals surface area contributed by atoms with Gasteiger partial charge in [-0.15, -0.1) is 0 Å². The largest absolute Gasteiger partial charge is 0.491 e. The number of oxazole rings is 1. The Balaban J connectivity index is 1.68. The molecule has 0 unspecified atom stereocenters. The van der Waals surface area contributed by atoms with Gasteiger partial charge in [-0.1, -0.05) is 17.7 Å². The molecule has 5 nitrogen and oxygen atoms in total. The van der Waals surface area contributed by atoms with Gasteiger partial charge in [0.05, 0.1) is 7.11 Å². The Kier molecular flexibility index (Phi) is 5.33. The number of hydrogen-bond donors (Lipinski definition) is 1. The van der Waals surface area contributed by atoms with Crippen molar-refractivity contribution in [1.29, 1.82) is 0 Å². The van der Waals surface area contributed by atoms with Crippen LogP contribution in [-0.4, -0.2) is 18.0 Å². The van der Waals surface area contributed by atoms with Gasteiger partial charge in [0, 0.05) is 11.3 Å². The molecule has 0 radical (unpaired) electrons. The number of aryl methyl sites for hydroxylation is 2. The molecule has 1 N–H and O–H groups in total. The fraction of sp³-hybridized carbons (Fsp3) is 0.130.